The van der Waals surface area contributed by atoms with Gasteiger partial charge < -0.3 is 5.32 Å². The normalized spacial score (nSPS) is 26.1. The molecule has 1 aliphatic rings. The van der Waals surface area contributed by atoms with Crippen LogP contribution in [0.3, 0.4) is 0 Å². The maximum Gasteiger partial charge on any atom is 0.125 e. The van der Waals surface area contributed by atoms with Crippen LogP contribution >= 0.6 is 0 Å². The number of nitrogens with zero attached hydrogens (tertiary/aromatic N) is 1. The molecule has 1 aromatic rings. The molecule has 0 radical (unpaired) electrons. The topological polar surface area (TPSA) is 35.8 Å². The molecule has 2 heteroatoms. The second-order valence-electron chi connectivity index (χ2n) is 7.30. The molecular weight excluding hydrogens is 256 g/mol. The number of hydrogen-bond acceptors (Lipinski definition) is 2. The number of nitrogens with one attached hydrogen (secondary N) is 1. The number of rotatable bonds is 4. The molecule has 2 rings (SSSR count). The van der Waals surface area contributed by atoms with E-state index >= 15 is 0 Å². The average Bonchev–Trinajstić information content (AvgIpc) is 2.50. The molecule has 0 aromatic heterocycles. The van der Waals surface area contributed by atoms with Gasteiger partial charge in [0.05, 0.1) is 6.07 Å². The molecule has 0 atom stereocenters. The lowest BCUT2D eigenvalue weighted by atomic mass is 9.66. The van der Waals surface area contributed by atoms with Crippen LogP contribution in [0.25, 0.3) is 0 Å². The van der Waals surface area contributed by atoms with Crippen molar-refractivity contribution in [3.05, 3.63) is 29.8 Å². The zero-order valence-electron chi connectivity index (χ0n) is 13.9. The van der Waals surface area contributed by atoms with E-state index in [4.69, 9.17) is 0 Å². The summed E-state index contributed by atoms with van der Waals surface area (Å²) in [5, 5.41) is 13.2. The van der Waals surface area contributed by atoms with Gasteiger partial charge in [0, 0.05) is 5.69 Å². The van der Waals surface area contributed by atoms with Crippen molar-refractivity contribution >= 4 is 5.69 Å². The lowest BCUT2D eigenvalue weighted by Crippen LogP contribution is -2.43. The van der Waals surface area contributed by atoms with E-state index in [1.807, 2.05) is 0 Å². The van der Waals surface area contributed by atoms with Crippen molar-refractivity contribution in [2.75, 3.05) is 5.32 Å². The maximum absolute atomic E-state index is 9.69. The van der Waals surface area contributed by atoms with E-state index in [9.17, 15) is 5.26 Å². The van der Waals surface area contributed by atoms with Gasteiger partial charge in [0.1, 0.15) is 5.54 Å². The first-order valence-electron chi connectivity index (χ1n) is 8.17. The largest absolute Gasteiger partial charge is 0.367 e. The fourth-order valence-corrected chi connectivity index (χ4v) is 3.36. The highest BCUT2D eigenvalue weighted by molar-refractivity contribution is 5.49. The molecule has 0 saturated heterocycles. The molecular formula is C19H28N2. The molecule has 2 nitrogen and oxygen atoms in total. The van der Waals surface area contributed by atoms with E-state index in [0.717, 1.165) is 37.3 Å². The summed E-state index contributed by atoms with van der Waals surface area (Å²) in [4.78, 5) is 0. The second-order valence-corrected chi connectivity index (χ2v) is 7.30. The maximum atomic E-state index is 9.69. The monoisotopic (exact) mass is 284 g/mol. The summed E-state index contributed by atoms with van der Waals surface area (Å²) in [5.41, 5.74) is 2.33. The zero-order valence-corrected chi connectivity index (χ0v) is 13.9. The van der Waals surface area contributed by atoms with Crippen molar-refractivity contribution in [1.29, 1.82) is 5.26 Å². The summed E-state index contributed by atoms with van der Waals surface area (Å²) in [6.45, 7) is 9.09. The van der Waals surface area contributed by atoms with Crippen molar-refractivity contribution in [2.45, 2.75) is 65.3 Å². The molecule has 1 aromatic carbocycles. The SMILES string of the molecule is CCC(C)(C)C1CCC(C#N)(Nc2ccc(C)cc2)CC1. The lowest BCUT2D eigenvalue weighted by Gasteiger charge is -2.42. The Morgan fingerprint density at radius 2 is 1.81 bits per heavy atom. The molecule has 1 saturated carbocycles. The minimum absolute atomic E-state index is 0.379. The number of benzene rings is 1. The Balaban J connectivity index is 2.05. The molecule has 0 heterocycles. The fraction of sp³-hybridized carbons (Fsp3) is 0.632. The van der Waals surface area contributed by atoms with E-state index in [-0.39, 0.29) is 5.54 Å². The average molecular weight is 284 g/mol. The van der Waals surface area contributed by atoms with Crippen molar-refractivity contribution in [3.8, 4) is 6.07 Å². The molecule has 114 valence electrons. The standard InChI is InChI=1S/C19H28N2/c1-5-18(3,4)16-10-12-19(14-20,13-11-16)21-17-8-6-15(2)7-9-17/h6-9,16,21H,5,10-13H2,1-4H3. The van der Waals surface area contributed by atoms with Crippen LogP contribution in [-0.4, -0.2) is 5.54 Å². The summed E-state index contributed by atoms with van der Waals surface area (Å²) in [5.74, 6) is 0.740. The highest BCUT2D eigenvalue weighted by Gasteiger charge is 2.39. The van der Waals surface area contributed by atoms with Crippen LogP contribution in [0.15, 0.2) is 24.3 Å². The molecule has 0 aliphatic heterocycles. The Morgan fingerprint density at radius 1 is 1.24 bits per heavy atom. The number of hydrogen-bond donors (Lipinski definition) is 1. The Hall–Kier alpha value is -1.49. The Kier molecular flexibility index (Phi) is 4.61. The molecule has 1 N–H and O–H groups in total. The minimum atomic E-state index is -0.379. The molecule has 0 spiro atoms. The van der Waals surface area contributed by atoms with Crippen LogP contribution in [-0.2, 0) is 0 Å². The van der Waals surface area contributed by atoms with Gasteiger partial charge in [0.2, 0.25) is 0 Å². The molecule has 0 bridgehead atoms. The quantitative estimate of drug-likeness (QED) is 0.814. The first-order valence-corrected chi connectivity index (χ1v) is 8.17. The summed E-state index contributed by atoms with van der Waals surface area (Å²) in [7, 11) is 0. The van der Waals surface area contributed by atoms with Crippen molar-refractivity contribution in [2.24, 2.45) is 11.3 Å². The van der Waals surface area contributed by atoms with Crippen LogP contribution in [0.5, 0.6) is 0 Å². The van der Waals surface area contributed by atoms with Gasteiger partial charge in [-0.2, -0.15) is 5.26 Å². The third-order valence-electron chi connectivity index (χ3n) is 5.50. The predicted molar refractivity (Wildman–Crippen MR) is 89.2 cm³/mol. The molecule has 21 heavy (non-hydrogen) atoms. The molecule has 1 aliphatic carbocycles. The van der Waals surface area contributed by atoms with Crippen LogP contribution in [0.4, 0.5) is 5.69 Å². The van der Waals surface area contributed by atoms with E-state index < -0.39 is 0 Å². The number of nitriles is 1. The highest BCUT2D eigenvalue weighted by Crippen LogP contribution is 2.44. The third kappa shape index (κ3) is 3.59. The smallest absolute Gasteiger partial charge is 0.125 e. The van der Waals surface area contributed by atoms with Gasteiger partial charge in [0.15, 0.2) is 0 Å². The Bertz CT molecular complexity index is 499. The van der Waals surface area contributed by atoms with Gasteiger partial charge >= 0.3 is 0 Å². The molecule has 0 amide bonds. The van der Waals surface area contributed by atoms with Crippen LogP contribution in [0, 0.1) is 29.6 Å². The summed E-state index contributed by atoms with van der Waals surface area (Å²) >= 11 is 0. The van der Waals surface area contributed by atoms with E-state index in [2.05, 4.69) is 63.3 Å². The highest BCUT2D eigenvalue weighted by atomic mass is 15.0. The summed E-state index contributed by atoms with van der Waals surface area (Å²) < 4.78 is 0. The second kappa shape index (κ2) is 6.10. The van der Waals surface area contributed by atoms with Crippen LogP contribution < -0.4 is 5.32 Å². The third-order valence-corrected chi connectivity index (χ3v) is 5.50. The van der Waals surface area contributed by atoms with Gasteiger partial charge in [-0.25, -0.2) is 0 Å². The summed E-state index contributed by atoms with van der Waals surface area (Å²) in [6.07, 6.45) is 5.40. The summed E-state index contributed by atoms with van der Waals surface area (Å²) in [6, 6.07) is 10.9. The zero-order chi connectivity index (χ0) is 15.5. The van der Waals surface area contributed by atoms with Crippen molar-refractivity contribution in [1.82, 2.24) is 0 Å². The lowest BCUT2D eigenvalue weighted by molar-refractivity contribution is 0.135. The van der Waals surface area contributed by atoms with Crippen molar-refractivity contribution < 1.29 is 0 Å². The number of anilines is 1. The van der Waals surface area contributed by atoms with Gasteiger partial charge in [-0.15, -0.1) is 0 Å². The van der Waals surface area contributed by atoms with Gasteiger partial charge in [-0.05, 0) is 56.1 Å². The Labute approximate surface area is 129 Å². The Morgan fingerprint density at radius 3 is 2.29 bits per heavy atom. The fourth-order valence-electron chi connectivity index (χ4n) is 3.36. The molecule has 0 unspecified atom stereocenters. The minimum Gasteiger partial charge on any atom is -0.367 e. The van der Waals surface area contributed by atoms with E-state index in [1.54, 1.807) is 0 Å². The van der Waals surface area contributed by atoms with E-state index in [1.165, 1.54) is 12.0 Å². The molecule has 1 fully saturated rings. The van der Waals surface area contributed by atoms with Gasteiger partial charge in [-0.3, -0.25) is 0 Å². The first kappa shape index (κ1) is 15.9. The predicted octanol–water partition coefficient (Wildman–Crippen LogP) is 5.30. The van der Waals surface area contributed by atoms with E-state index in [0.29, 0.717) is 5.41 Å². The van der Waals surface area contributed by atoms with Gasteiger partial charge in [-0.1, -0.05) is 44.9 Å². The van der Waals surface area contributed by atoms with Crippen LogP contribution in [0.2, 0.25) is 0 Å². The van der Waals surface area contributed by atoms with Crippen molar-refractivity contribution in [3.63, 3.8) is 0 Å². The van der Waals surface area contributed by atoms with Gasteiger partial charge in [0.25, 0.3) is 0 Å². The first-order chi connectivity index (χ1) is 9.91. The van der Waals surface area contributed by atoms with Crippen LogP contribution in [0.1, 0.15) is 58.4 Å². The number of aryl methyl sites for hydroxylation is 1.